The number of hydrogen-bond acceptors (Lipinski definition) is 4. The molecule has 0 fully saturated rings. The van der Waals surface area contributed by atoms with Gasteiger partial charge >= 0.3 is 0 Å². The van der Waals surface area contributed by atoms with Gasteiger partial charge in [0.1, 0.15) is 5.75 Å². The summed E-state index contributed by atoms with van der Waals surface area (Å²) in [5, 5.41) is 5.85. The monoisotopic (exact) mass is 520 g/mol. The van der Waals surface area contributed by atoms with Gasteiger partial charge in [-0.2, -0.15) is 0 Å². The molecule has 0 aliphatic rings. The Kier molecular flexibility index (Phi) is 9.48. The molecule has 0 heterocycles. The maximum absolute atomic E-state index is 12.9. The molecular formula is C30H33ClN2O4. The lowest BCUT2D eigenvalue weighted by atomic mass is 9.82. The van der Waals surface area contributed by atoms with Gasteiger partial charge < -0.3 is 15.4 Å². The number of amides is 2. The Labute approximate surface area is 223 Å². The molecule has 37 heavy (non-hydrogen) atoms. The molecule has 3 aromatic rings. The number of halogens is 1. The van der Waals surface area contributed by atoms with Crippen LogP contribution in [0.5, 0.6) is 5.75 Å². The van der Waals surface area contributed by atoms with Gasteiger partial charge in [-0.25, -0.2) is 0 Å². The van der Waals surface area contributed by atoms with E-state index in [4.69, 9.17) is 16.3 Å². The average Bonchev–Trinajstić information content (AvgIpc) is 2.89. The summed E-state index contributed by atoms with van der Waals surface area (Å²) < 4.78 is 5.95. The molecule has 0 saturated heterocycles. The smallest absolute Gasteiger partial charge is 0.265 e. The first-order chi connectivity index (χ1) is 17.6. The molecule has 0 saturated carbocycles. The number of para-hydroxylation sites is 1. The van der Waals surface area contributed by atoms with E-state index in [-0.39, 0.29) is 23.5 Å². The second-order valence-corrected chi connectivity index (χ2v) is 9.88. The summed E-state index contributed by atoms with van der Waals surface area (Å²) in [4.78, 5) is 37.9. The zero-order valence-electron chi connectivity index (χ0n) is 21.6. The van der Waals surface area contributed by atoms with Crippen molar-refractivity contribution in [1.82, 2.24) is 0 Å². The Bertz CT molecular complexity index is 1250. The molecule has 0 spiro atoms. The van der Waals surface area contributed by atoms with Gasteiger partial charge in [0.25, 0.3) is 5.91 Å². The molecule has 0 bridgehead atoms. The topological polar surface area (TPSA) is 84.5 Å². The fraction of sp³-hybridized carbons (Fsp3) is 0.300. The van der Waals surface area contributed by atoms with E-state index < -0.39 is 12.0 Å². The van der Waals surface area contributed by atoms with Crippen molar-refractivity contribution in [3.05, 3.63) is 88.9 Å². The maximum atomic E-state index is 12.9. The van der Waals surface area contributed by atoms with E-state index in [1.807, 2.05) is 31.2 Å². The standard InChI is InChI=1S/C30H33ClN2O4/c1-5-27(37-23-16-14-21(15-17-23)30(3,4)6-2)29(36)32-22-11-9-10-20(18-22)26(34)19-28(35)33-25-13-8-7-12-24(25)31/h7-18,27H,5-6,19H2,1-4H3,(H,32,36)(H,33,35)/t27-/m0/s1. The Morgan fingerprint density at radius 2 is 1.62 bits per heavy atom. The molecule has 7 heteroatoms. The molecule has 1 atom stereocenters. The van der Waals surface area contributed by atoms with Gasteiger partial charge in [0.2, 0.25) is 5.91 Å². The largest absolute Gasteiger partial charge is 0.481 e. The highest BCUT2D eigenvalue weighted by molar-refractivity contribution is 6.33. The minimum atomic E-state index is -0.703. The zero-order valence-corrected chi connectivity index (χ0v) is 22.4. The van der Waals surface area contributed by atoms with Gasteiger partial charge in [-0.3, -0.25) is 14.4 Å². The van der Waals surface area contributed by atoms with E-state index >= 15 is 0 Å². The molecule has 2 amide bonds. The van der Waals surface area contributed by atoms with Crippen LogP contribution in [-0.2, 0) is 15.0 Å². The van der Waals surface area contributed by atoms with Crippen LogP contribution in [-0.4, -0.2) is 23.7 Å². The lowest BCUT2D eigenvalue weighted by Gasteiger charge is -2.24. The van der Waals surface area contributed by atoms with Gasteiger partial charge in [-0.05, 0) is 60.2 Å². The van der Waals surface area contributed by atoms with E-state index in [0.29, 0.717) is 34.1 Å². The molecule has 0 radical (unpaired) electrons. The molecule has 6 nitrogen and oxygen atoms in total. The Morgan fingerprint density at radius 1 is 0.919 bits per heavy atom. The van der Waals surface area contributed by atoms with Crippen molar-refractivity contribution in [1.29, 1.82) is 0 Å². The SMILES string of the molecule is CC[C@H](Oc1ccc(C(C)(C)CC)cc1)C(=O)Nc1cccc(C(=O)CC(=O)Nc2ccccc2Cl)c1. The number of ketones is 1. The predicted octanol–water partition coefficient (Wildman–Crippen LogP) is 7.04. The van der Waals surface area contributed by atoms with E-state index in [2.05, 4.69) is 31.4 Å². The first kappa shape index (κ1) is 27.9. The molecule has 3 aromatic carbocycles. The number of benzene rings is 3. The number of ether oxygens (including phenoxy) is 1. The second-order valence-electron chi connectivity index (χ2n) is 9.47. The van der Waals surface area contributed by atoms with Crippen molar-refractivity contribution >= 4 is 40.6 Å². The van der Waals surface area contributed by atoms with Crippen molar-refractivity contribution in [2.45, 2.75) is 58.5 Å². The molecule has 0 aromatic heterocycles. The van der Waals surface area contributed by atoms with Crippen LogP contribution in [0, 0.1) is 0 Å². The highest BCUT2D eigenvalue weighted by Crippen LogP contribution is 2.28. The number of carbonyl (C=O) groups is 3. The van der Waals surface area contributed by atoms with E-state index in [1.54, 1.807) is 48.5 Å². The summed E-state index contributed by atoms with van der Waals surface area (Å²) in [6.07, 6.45) is 0.426. The molecular weight excluding hydrogens is 488 g/mol. The minimum absolute atomic E-state index is 0.0672. The van der Waals surface area contributed by atoms with Crippen LogP contribution in [0.1, 0.15) is 62.9 Å². The molecule has 0 unspecified atom stereocenters. The van der Waals surface area contributed by atoms with Gasteiger partial charge in [0.05, 0.1) is 17.1 Å². The van der Waals surface area contributed by atoms with Gasteiger partial charge in [0.15, 0.2) is 11.9 Å². The normalized spacial score (nSPS) is 11.9. The fourth-order valence-electron chi connectivity index (χ4n) is 3.67. The highest BCUT2D eigenvalue weighted by Gasteiger charge is 2.21. The van der Waals surface area contributed by atoms with Crippen molar-refractivity contribution in [2.24, 2.45) is 0 Å². The van der Waals surface area contributed by atoms with Crippen molar-refractivity contribution in [3.8, 4) is 5.75 Å². The van der Waals surface area contributed by atoms with Crippen molar-refractivity contribution in [2.75, 3.05) is 10.6 Å². The first-order valence-electron chi connectivity index (χ1n) is 12.4. The number of rotatable bonds is 11. The van der Waals surface area contributed by atoms with E-state index in [1.165, 1.54) is 5.56 Å². The second kappa shape index (κ2) is 12.5. The minimum Gasteiger partial charge on any atom is -0.481 e. The van der Waals surface area contributed by atoms with Gasteiger partial charge in [-0.1, -0.05) is 75.7 Å². The maximum Gasteiger partial charge on any atom is 0.265 e. The van der Waals surface area contributed by atoms with Crippen LogP contribution < -0.4 is 15.4 Å². The molecule has 3 rings (SSSR count). The third kappa shape index (κ3) is 7.67. The third-order valence-corrected chi connectivity index (χ3v) is 6.71. The zero-order chi connectivity index (χ0) is 27.0. The number of anilines is 2. The summed E-state index contributed by atoms with van der Waals surface area (Å²) in [6.45, 7) is 8.40. The lowest BCUT2D eigenvalue weighted by Crippen LogP contribution is -2.32. The average molecular weight is 521 g/mol. The lowest BCUT2D eigenvalue weighted by molar-refractivity contribution is -0.122. The first-order valence-corrected chi connectivity index (χ1v) is 12.8. The van der Waals surface area contributed by atoms with Crippen molar-refractivity contribution < 1.29 is 19.1 Å². The third-order valence-electron chi connectivity index (χ3n) is 6.38. The van der Waals surface area contributed by atoms with E-state index in [9.17, 15) is 14.4 Å². The van der Waals surface area contributed by atoms with Crippen LogP contribution in [0.25, 0.3) is 0 Å². The van der Waals surface area contributed by atoms with Crippen LogP contribution in [0.15, 0.2) is 72.8 Å². The summed E-state index contributed by atoms with van der Waals surface area (Å²) in [5.41, 5.74) is 2.48. The van der Waals surface area contributed by atoms with Gasteiger partial charge in [0, 0.05) is 11.3 Å². The predicted molar refractivity (Wildman–Crippen MR) is 149 cm³/mol. The fourth-order valence-corrected chi connectivity index (χ4v) is 3.86. The Hall–Kier alpha value is -3.64. The number of nitrogens with one attached hydrogen (secondary N) is 2. The van der Waals surface area contributed by atoms with Gasteiger partial charge in [-0.15, -0.1) is 0 Å². The molecule has 0 aliphatic carbocycles. The summed E-state index contributed by atoms with van der Waals surface area (Å²) in [6, 6.07) is 21.1. The summed E-state index contributed by atoms with van der Waals surface area (Å²) in [7, 11) is 0. The highest BCUT2D eigenvalue weighted by atomic mass is 35.5. The van der Waals surface area contributed by atoms with Crippen LogP contribution in [0.2, 0.25) is 5.02 Å². The van der Waals surface area contributed by atoms with Crippen molar-refractivity contribution in [3.63, 3.8) is 0 Å². The molecule has 194 valence electrons. The van der Waals surface area contributed by atoms with Crippen LogP contribution in [0.3, 0.4) is 0 Å². The summed E-state index contributed by atoms with van der Waals surface area (Å²) in [5.74, 6) is -0.549. The Morgan fingerprint density at radius 3 is 2.27 bits per heavy atom. The van der Waals surface area contributed by atoms with Crippen LogP contribution >= 0.6 is 11.6 Å². The summed E-state index contributed by atoms with van der Waals surface area (Å²) >= 11 is 6.06. The Balaban J connectivity index is 1.61. The van der Waals surface area contributed by atoms with E-state index in [0.717, 1.165) is 6.42 Å². The quantitative estimate of drug-likeness (QED) is 0.210. The molecule has 0 aliphatic heterocycles. The number of Topliss-reactive ketones (excluding diaryl/α,β-unsaturated/α-hetero) is 1. The number of hydrogen-bond donors (Lipinski definition) is 2. The molecule has 2 N–H and O–H groups in total. The van der Waals surface area contributed by atoms with Crippen LogP contribution in [0.4, 0.5) is 11.4 Å². The number of carbonyl (C=O) groups excluding carboxylic acids is 3.